The van der Waals surface area contributed by atoms with Crippen molar-refractivity contribution in [3.8, 4) is 0 Å². The number of nitrogens with zero attached hydrogens (tertiary/aromatic N) is 1. The van der Waals surface area contributed by atoms with Gasteiger partial charge in [0.1, 0.15) is 11.4 Å². The summed E-state index contributed by atoms with van der Waals surface area (Å²) in [6.07, 6.45) is 1.64. The molecular weight excluding hydrogens is 362 g/mol. The highest BCUT2D eigenvalue weighted by Crippen LogP contribution is 2.23. The van der Waals surface area contributed by atoms with E-state index in [1.807, 2.05) is 48.5 Å². The topological polar surface area (TPSA) is 71.1 Å². The maximum atomic E-state index is 12.8. The zero-order chi connectivity index (χ0) is 20.6. The fraction of sp³-hybridized carbons (Fsp3) is 0.208. The van der Waals surface area contributed by atoms with Crippen molar-refractivity contribution < 1.29 is 9.59 Å². The molecule has 0 atom stereocenters. The summed E-state index contributed by atoms with van der Waals surface area (Å²) in [5, 5.41) is 5.82. The third-order valence-electron chi connectivity index (χ3n) is 4.75. The molecule has 2 aromatic carbocycles. The van der Waals surface area contributed by atoms with Crippen LogP contribution in [0.5, 0.6) is 0 Å². The van der Waals surface area contributed by atoms with E-state index in [4.69, 9.17) is 0 Å². The Labute approximate surface area is 171 Å². The molecule has 0 aliphatic carbocycles. The number of amides is 2. The smallest absolute Gasteiger partial charge is 0.274 e. The van der Waals surface area contributed by atoms with Crippen LogP contribution in [0.1, 0.15) is 51.5 Å². The van der Waals surface area contributed by atoms with Crippen LogP contribution < -0.4 is 10.6 Å². The molecule has 0 aliphatic heterocycles. The number of hydrogen-bond donors (Lipinski definition) is 2. The van der Waals surface area contributed by atoms with Gasteiger partial charge in [-0.05, 0) is 41.7 Å². The molecule has 0 bridgehead atoms. The monoisotopic (exact) mass is 387 g/mol. The van der Waals surface area contributed by atoms with Crippen LogP contribution in [0.3, 0.4) is 0 Å². The predicted octanol–water partition coefficient (Wildman–Crippen LogP) is 4.39. The largest absolute Gasteiger partial charge is 0.347 e. The van der Waals surface area contributed by atoms with E-state index >= 15 is 0 Å². The van der Waals surface area contributed by atoms with E-state index in [9.17, 15) is 9.59 Å². The molecule has 3 aromatic rings. The first kappa shape index (κ1) is 20.3. The maximum absolute atomic E-state index is 12.8. The van der Waals surface area contributed by atoms with Crippen LogP contribution in [-0.4, -0.2) is 16.8 Å². The fourth-order valence-electron chi connectivity index (χ4n) is 3.14. The summed E-state index contributed by atoms with van der Waals surface area (Å²) in [5.74, 6) is -0.634. The normalized spacial score (nSPS) is 10.4. The third-order valence-corrected chi connectivity index (χ3v) is 4.75. The predicted molar refractivity (Wildman–Crippen MR) is 115 cm³/mol. The molecule has 0 unspecified atom stereocenters. The molecule has 29 heavy (non-hydrogen) atoms. The van der Waals surface area contributed by atoms with E-state index in [2.05, 4.69) is 29.5 Å². The van der Waals surface area contributed by atoms with Crippen molar-refractivity contribution in [2.75, 3.05) is 5.32 Å². The number of carbonyl (C=O) groups excluding carboxylic acids is 2. The quantitative estimate of drug-likeness (QED) is 0.632. The van der Waals surface area contributed by atoms with Gasteiger partial charge in [-0.25, -0.2) is 4.98 Å². The van der Waals surface area contributed by atoms with Gasteiger partial charge in [0, 0.05) is 12.2 Å². The lowest BCUT2D eigenvalue weighted by atomic mass is 10.0. The molecule has 0 spiro atoms. The van der Waals surface area contributed by atoms with E-state index in [0.717, 1.165) is 35.2 Å². The second-order valence-electron chi connectivity index (χ2n) is 6.69. The fourth-order valence-corrected chi connectivity index (χ4v) is 3.14. The van der Waals surface area contributed by atoms with Crippen LogP contribution in [0.25, 0.3) is 0 Å². The van der Waals surface area contributed by atoms with Gasteiger partial charge in [-0.3, -0.25) is 9.59 Å². The Hall–Kier alpha value is -3.47. The number of nitrogens with one attached hydrogen (secondary N) is 2. The molecule has 0 aliphatic rings. The number of aryl methyl sites for hydroxylation is 2. The summed E-state index contributed by atoms with van der Waals surface area (Å²) in [6, 6.07) is 20.6. The molecule has 0 saturated heterocycles. The van der Waals surface area contributed by atoms with Crippen molar-refractivity contribution in [3.05, 3.63) is 94.8 Å². The number of benzene rings is 2. The molecule has 1 aromatic heterocycles. The van der Waals surface area contributed by atoms with Gasteiger partial charge in [0.25, 0.3) is 11.8 Å². The summed E-state index contributed by atoms with van der Waals surface area (Å²) in [4.78, 5) is 29.5. The van der Waals surface area contributed by atoms with Gasteiger partial charge in [0.2, 0.25) is 0 Å². The van der Waals surface area contributed by atoms with Crippen LogP contribution in [0, 0.1) is 0 Å². The number of pyridine rings is 1. The van der Waals surface area contributed by atoms with Crippen LogP contribution in [0.2, 0.25) is 0 Å². The summed E-state index contributed by atoms with van der Waals surface area (Å²) in [7, 11) is 0. The number of aromatic nitrogens is 1. The highest BCUT2D eigenvalue weighted by molar-refractivity contribution is 6.04. The highest BCUT2D eigenvalue weighted by atomic mass is 16.2. The Morgan fingerprint density at radius 3 is 1.97 bits per heavy atom. The van der Waals surface area contributed by atoms with Gasteiger partial charge < -0.3 is 10.6 Å². The molecule has 3 rings (SSSR count). The van der Waals surface area contributed by atoms with Crippen LogP contribution in [0.4, 0.5) is 5.69 Å². The van der Waals surface area contributed by atoms with Gasteiger partial charge in [-0.15, -0.1) is 0 Å². The zero-order valence-electron chi connectivity index (χ0n) is 16.7. The van der Waals surface area contributed by atoms with E-state index in [0.29, 0.717) is 6.54 Å². The van der Waals surface area contributed by atoms with Crippen LogP contribution in [0.15, 0.2) is 66.7 Å². The molecule has 1 heterocycles. The zero-order valence-corrected chi connectivity index (χ0v) is 16.7. The van der Waals surface area contributed by atoms with E-state index in [1.165, 1.54) is 0 Å². The highest BCUT2D eigenvalue weighted by Gasteiger charge is 2.15. The average molecular weight is 387 g/mol. The minimum atomic E-state index is -0.321. The first-order valence-corrected chi connectivity index (χ1v) is 9.83. The van der Waals surface area contributed by atoms with Gasteiger partial charge >= 0.3 is 0 Å². The number of para-hydroxylation sites is 1. The molecule has 0 saturated carbocycles. The molecule has 0 fully saturated rings. The number of hydrogen-bond acceptors (Lipinski definition) is 3. The van der Waals surface area contributed by atoms with Crippen LogP contribution in [-0.2, 0) is 19.4 Å². The number of carbonyl (C=O) groups is 2. The molecule has 0 radical (unpaired) electrons. The molecule has 5 heteroatoms. The van der Waals surface area contributed by atoms with E-state index < -0.39 is 0 Å². The first-order chi connectivity index (χ1) is 14.1. The Morgan fingerprint density at radius 2 is 1.34 bits per heavy atom. The second-order valence-corrected chi connectivity index (χ2v) is 6.69. The average Bonchev–Trinajstić information content (AvgIpc) is 2.78. The molecule has 2 N–H and O–H groups in total. The van der Waals surface area contributed by atoms with Gasteiger partial charge in [-0.2, -0.15) is 0 Å². The Morgan fingerprint density at radius 1 is 0.759 bits per heavy atom. The van der Waals surface area contributed by atoms with Crippen molar-refractivity contribution in [1.82, 2.24) is 10.3 Å². The molecule has 148 valence electrons. The minimum absolute atomic E-state index is 0.213. The van der Waals surface area contributed by atoms with Crippen molar-refractivity contribution >= 4 is 17.5 Å². The van der Waals surface area contributed by atoms with E-state index in [-0.39, 0.29) is 23.2 Å². The molecule has 2 amide bonds. The lowest BCUT2D eigenvalue weighted by Crippen LogP contribution is -2.25. The standard InChI is InChI=1S/C24H25N3O2/c1-3-18-12-8-13-19(4-2)22(18)27-24(29)21-15-9-14-20(26-21)23(28)25-16-17-10-6-5-7-11-17/h5-15H,3-4,16H2,1-2H3,(H,25,28)(H,27,29). The number of anilines is 1. The molecular formula is C24H25N3O2. The molecule has 5 nitrogen and oxygen atoms in total. The SMILES string of the molecule is CCc1cccc(CC)c1NC(=O)c1cccc(C(=O)NCc2ccccc2)n1. The lowest BCUT2D eigenvalue weighted by molar-refractivity contribution is 0.0945. The summed E-state index contributed by atoms with van der Waals surface area (Å²) in [6.45, 7) is 4.52. The summed E-state index contributed by atoms with van der Waals surface area (Å²) in [5.41, 5.74) is 4.42. The Bertz CT molecular complexity index is 978. The first-order valence-electron chi connectivity index (χ1n) is 9.83. The Kier molecular flexibility index (Phi) is 6.74. The van der Waals surface area contributed by atoms with Crippen molar-refractivity contribution in [3.63, 3.8) is 0 Å². The number of rotatable bonds is 7. The summed E-state index contributed by atoms with van der Waals surface area (Å²) < 4.78 is 0. The van der Waals surface area contributed by atoms with Gasteiger partial charge in [0.05, 0.1) is 0 Å². The maximum Gasteiger partial charge on any atom is 0.274 e. The third kappa shape index (κ3) is 5.08. The van der Waals surface area contributed by atoms with Crippen molar-refractivity contribution in [1.29, 1.82) is 0 Å². The lowest BCUT2D eigenvalue weighted by Gasteiger charge is -2.14. The van der Waals surface area contributed by atoms with Gasteiger partial charge in [-0.1, -0.05) is 68.4 Å². The van der Waals surface area contributed by atoms with Gasteiger partial charge in [0.15, 0.2) is 0 Å². The Balaban J connectivity index is 1.74. The van der Waals surface area contributed by atoms with Crippen molar-refractivity contribution in [2.45, 2.75) is 33.2 Å². The van der Waals surface area contributed by atoms with Crippen LogP contribution >= 0.6 is 0 Å². The second kappa shape index (κ2) is 9.64. The minimum Gasteiger partial charge on any atom is -0.347 e. The van der Waals surface area contributed by atoms with Crippen molar-refractivity contribution in [2.24, 2.45) is 0 Å². The summed E-state index contributed by atoms with van der Waals surface area (Å²) >= 11 is 0. The van der Waals surface area contributed by atoms with E-state index in [1.54, 1.807) is 18.2 Å².